The summed E-state index contributed by atoms with van der Waals surface area (Å²) in [6.45, 7) is 54.8. The summed E-state index contributed by atoms with van der Waals surface area (Å²) in [6.07, 6.45) is 15.2. The van der Waals surface area contributed by atoms with Gasteiger partial charge in [0.15, 0.2) is 13.5 Å². The number of likely N-dealkylation sites (tertiary alicyclic amines) is 6. The van der Waals surface area contributed by atoms with E-state index in [1.807, 2.05) is 6.92 Å². The van der Waals surface area contributed by atoms with Crippen molar-refractivity contribution in [1.29, 1.82) is 0 Å². The number of rotatable bonds is 26. The molecule has 0 aromatic rings. The number of hydrogen-bond donors (Lipinski definition) is 0. The number of unbranched alkanes of at least 4 members (excludes halogenated alkanes) is 2. The van der Waals surface area contributed by atoms with Crippen molar-refractivity contribution in [3.05, 3.63) is 98.7 Å². The number of esters is 2. The molecule has 0 aliphatic carbocycles. The highest BCUT2D eigenvalue weighted by atomic mass is 16.5. The van der Waals surface area contributed by atoms with Crippen molar-refractivity contribution in [1.82, 2.24) is 29.4 Å². The predicted octanol–water partition coefficient (Wildman–Crippen LogP) is 11.9. The number of allylic oxidation sites excluding steroid dienone is 4. The molecule has 6 fully saturated rings. The zero-order valence-electron chi connectivity index (χ0n) is 54.2. The third-order valence-corrected chi connectivity index (χ3v) is 18.0. The van der Waals surface area contributed by atoms with Crippen LogP contribution in [0.2, 0.25) is 0 Å². The van der Waals surface area contributed by atoms with Gasteiger partial charge in [0.05, 0.1) is 5.92 Å². The van der Waals surface area contributed by atoms with E-state index >= 15 is 0 Å². The molecule has 0 bridgehead atoms. The lowest BCUT2D eigenvalue weighted by molar-refractivity contribution is -0.148. The van der Waals surface area contributed by atoms with E-state index < -0.39 is 11.9 Å². The van der Waals surface area contributed by atoms with Crippen LogP contribution in [-0.4, -0.2) is 115 Å². The van der Waals surface area contributed by atoms with Crippen molar-refractivity contribution in [3.63, 3.8) is 0 Å². The summed E-state index contributed by atoms with van der Waals surface area (Å²) in [5, 5.41) is 0. The molecule has 8 amide bonds. The average Bonchev–Trinajstić information content (AvgIpc) is 2.28. The fourth-order valence-corrected chi connectivity index (χ4v) is 12.0. The van der Waals surface area contributed by atoms with Crippen molar-refractivity contribution in [2.75, 3.05) is 26.8 Å². The Morgan fingerprint density at radius 3 is 1.23 bits per heavy atom. The van der Waals surface area contributed by atoms with E-state index in [1.54, 1.807) is 0 Å². The van der Waals surface area contributed by atoms with Crippen molar-refractivity contribution in [2.24, 2.45) is 58.2 Å². The Hall–Kier alpha value is -6.98. The zero-order valence-corrected chi connectivity index (χ0v) is 54.2. The number of carbonyl (C=O) groups is 10. The number of imide groups is 2. The van der Waals surface area contributed by atoms with Crippen LogP contribution < -0.4 is 0 Å². The normalized spacial score (nSPS) is 22.3. The van der Waals surface area contributed by atoms with Gasteiger partial charge in [-0.2, -0.15) is 0 Å². The van der Waals surface area contributed by atoms with Crippen LogP contribution >= 0.6 is 0 Å². The van der Waals surface area contributed by atoms with Crippen LogP contribution in [0.15, 0.2) is 98.7 Å². The van der Waals surface area contributed by atoms with E-state index in [9.17, 15) is 47.9 Å². The van der Waals surface area contributed by atoms with Gasteiger partial charge in [-0.15, -0.1) is 0 Å². The van der Waals surface area contributed by atoms with E-state index in [0.29, 0.717) is 66.0 Å². The summed E-state index contributed by atoms with van der Waals surface area (Å²) in [5.41, 5.74) is 3.21. The lowest BCUT2D eigenvalue weighted by Crippen LogP contribution is -2.43. The quantitative estimate of drug-likeness (QED) is 0.0450. The minimum Gasteiger partial charge on any atom is -0.441 e. The highest BCUT2D eigenvalue weighted by Gasteiger charge is 2.49. The Balaban J connectivity index is 0.000000301. The standard InChI is InChI=1S/C19H28N2O3.C17H24N2O3.C17H27NO3.C15H23NO3/c1-7-12(2)10-19(5,6)15-9-16(22)21(18(15)24)11-20-14(4)8-13(3)17(20)23;1-5-6-7-11(2)14-9-15(20)19(17(14)22)10-18-13(4)8-12(3)16(18)21;1-7-12(3)10-17(5,6)14-9-13(4)18(16(14)20)11-21-15(19)8-2;1-5-7-8-11(3)13-9-12(4)16(15(13)18)10-19-14(17)6-2/h12,15H,3-4,7-11H2,1-2,5-6H3;11,14H,3-10H2,1-2H3;8,12,14H,2,4,7,9-11H2,1,3,5-6H3;6,11,13H,2,4-5,7-10H2,1,3H3. The van der Waals surface area contributed by atoms with Gasteiger partial charge in [0.1, 0.15) is 13.3 Å². The minimum absolute atomic E-state index is 0.00478. The summed E-state index contributed by atoms with van der Waals surface area (Å²) >= 11 is 0. The van der Waals surface area contributed by atoms with Crippen molar-refractivity contribution < 1.29 is 57.4 Å². The second-order valence-corrected chi connectivity index (χ2v) is 25.8. The zero-order chi connectivity index (χ0) is 65.3. The summed E-state index contributed by atoms with van der Waals surface area (Å²) in [6, 6.07) is 0. The van der Waals surface area contributed by atoms with Crippen molar-refractivity contribution >= 4 is 59.2 Å². The first-order valence-corrected chi connectivity index (χ1v) is 30.8. The molecule has 0 aromatic heterocycles. The molecule has 86 heavy (non-hydrogen) atoms. The molecule has 6 heterocycles. The van der Waals surface area contributed by atoms with Gasteiger partial charge in [-0.1, -0.05) is 174 Å². The van der Waals surface area contributed by atoms with E-state index in [2.05, 4.69) is 129 Å². The van der Waals surface area contributed by atoms with Crippen LogP contribution in [0.4, 0.5) is 0 Å². The molecule has 0 N–H and O–H groups in total. The van der Waals surface area contributed by atoms with Gasteiger partial charge in [-0.05, 0) is 73.0 Å². The van der Waals surface area contributed by atoms with Gasteiger partial charge in [0.25, 0.3) is 11.8 Å². The van der Waals surface area contributed by atoms with E-state index in [-0.39, 0.29) is 127 Å². The number of amides is 8. The van der Waals surface area contributed by atoms with Crippen LogP contribution in [0.3, 0.4) is 0 Å². The average molecular weight is 1200 g/mol. The molecule has 18 heteroatoms. The maximum Gasteiger partial charge on any atom is 0.331 e. The largest absolute Gasteiger partial charge is 0.441 e. The number of ether oxygens (including phenoxy) is 2. The molecule has 6 saturated heterocycles. The Morgan fingerprint density at radius 1 is 0.500 bits per heavy atom. The third kappa shape index (κ3) is 19.0. The van der Waals surface area contributed by atoms with Gasteiger partial charge in [-0.25, -0.2) is 9.59 Å². The molecule has 6 aliphatic rings. The second kappa shape index (κ2) is 32.7. The maximum atomic E-state index is 12.8. The fraction of sp³-hybridized carbons (Fsp3) is 0.618. The number of hydrogen-bond acceptors (Lipinski definition) is 12. The Bertz CT molecular complexity index is 2670. The first-order valence-electron chi connectivity index (χ1n) is 30.8. The van der Waals surface area contributed by atoms with Gasteiger partial charge in [-0.3, -0.25) is 67.8 Å². The summed E-state index contributed by atoms with van der Waals surface area (Å²) in [5.74, 6) is -1.36. The topological polar surface area (TPSA) is 209 Å². The first kappa shape index (κ1) is 73.3. The fourth-order valence-electron chi connectivity index (χ4n) is 12.0. The molecule has 6 rings (SSSR count). The highest BCUT2D eigenvalue weighted by molar-refractivity contribution is 6.06. The van der Waals surface area contributed by atoms with Crippen LogP contribution in [0.5, 0.6) is 0 Å². The molecule has 8 atom stereocenters. The molecule has 0 spiro atoms. The maximum absolute atomic E-state index is 12.8. The SMILES string of the molecule is C=C1CC(=C)N(CN2C(=O)CC(C(C)(C)CC(C)CC)C2=O)C1=O.C=C1CC(=C)N(CN2C(=O)CC(C(C)CCCC)C2=O)C1=O.C=CC(=O)OCN1C(=C)CC(C(C)(C)CC(C)CC)C1=O.C=CC(=O)OCN1C(=C)CC(C(C)CCCC)C1=O. The molecule has 476 valence electrons. The lowest BCUT2D eigenvalue weighted by Gasteiger charge is -2.32. The van der Waals surface area contributed by atoms with Gasteiger partial charge in [0, 0.05) is 89.5 Å². The Labute approximate surface area is 513 Å². The molecular weight excluding hydrogens is 1090 g/mol. The molecule has 8 unspecified atom stereocenters. The van der Waals surface area contributed by atoms with Crippen LogP contribution in [0.1, 0.15) is 186 Å². The molecule has 6 aliphatic heterocycles. The lowest BCUT2D eigenvalue weighted by atomic mass is 9.71. The molecule has 0 radical (unpaired) electrons. The van der Waals surface area contributed by atoms with Gasteiger partial charge < -0.3 is 9.47 Å². The van der Waals surface area contributed by atoms with E-state index in [4.69, 9.17) is 9.47 Å². The van der Waals surface area contributed by atoms with Crippen molar-refractivity contribution in [2.45, 2.75) is 186 Å². The first-order chi connectivity index (χ1) is 40.2. The van der Waals surface area contributed by atoms with Gasteiger partial charge in [0.2, 0.25) is 35.4 Å². The summed E-state index contributed by atoms with van der Waals surface area (Å²) in [7, 11) is 0. The second-order valence-electron chi connectivity index (χ2n) is 25.8. The van der Waals surface area contributed by atoms with Crippen LogP contribution in [0, 0.1) is 58.2 Å². The van der Waals surface area contributed by atoms with Crippen molar-refractivity contribution in [3.8, 4) is 0 Å². The van der Waals surface area contributed by atoms with Crippen LogP contribution in [-0.2, 0) is 57.4 Å². The Morgan fingerprint density at radius 2 is 0.849 bits per heavy atom. The highest BCUT2D eigenvalue weighted by Crippen LogP contribution is 2.45. The number of nitrogens with zero attached hydrogens (tertiary/aromatic N) is 6. The molecule has 18 nitrogen and oxygen atoms in total. The smallest absolute Gasteiger partial charge is 0.331 e. The Kier molecular flexibility index (Phi) is 27.8. The summed E-state index contributed by atoms with van der Waals surface area (Å²) in [4.78, 5) is 129. The monoisotopic (exact) mass is 1190 g/mol. The van der Waals surface area contributed by atoms with E-state index in [1.165, 1.54) is 29.4 Å². The molecule has 0 aromatic carbocycles. The summed E-state index contributed by atoms with van der Waals surface area (Å²) < 4.78 is 9.88. The molecule has 0 saturated carbocycles. The predicted molar refractivity (Wildman–Crippen MR) is 333 cm³/mol. The molecular formula is C68H102N6O12. The minimum atomic E-state index is -0.530. The third-order valence-electron chi connectivity index (χ3n) is 18.0. The van der Waals surface area contributed by atoms with Crippen LogP contribution in [0.25, 0.3) is 0 Å². The van der Waals surface area contributed by atoms with Gasteiger partial charge >= 0.3 is 11.9 Å². The van der Waals surface area contributed by atoms with E-state index in [0.717, 1.165) is 87.8 Å². The number of carbonyl (C=O) groups excluding carboxylic acids is 10.